The zero-order valence-electron chi connectivity index (χ0n) is 7.43. The van der Waals surface area contributed by atoms with Crippen LogP contribution < -0.4 is 0 Å². The third kappa shape index (κ3) is 3.53. The van der Waals surface area contributed by atoms with Crippen molar-refractivity contribution in [1.82, 2.24) is 0 Å². The van der Waals surface area contributed by atoms with E-state index in [1.807, 2.05) is 22.6 Å². The molecule has 3 nitrogen and oxygen atoms in total. The SMILES string of the molecule is CCOC(=O)/C(=C\I)C(C)(C)O. The van der Waals surface area contributed by atoms with Crippen LogP contribution in [0.15, 0.2) is 9.66 Å². The Balaban J connectivity index is 4.49. The highest BCUT2D eigenvalue weighted by atomic mass is 127. The van der Waals surface area contributed by atoms with Gasteiger partial charge in [-0.3, -0.25) is 0 Å². The number of hydrogen-bond donors (Lipinski definition) is 1. The van der Waals surface area contributed by atoms with Gasteiger partial charge in [0.25, 0.3) is 0 Å². The molecule has 0 bridgehead atoms. The smallest absolute Gasteiger partial charge is 0.337 e. The third-order valence-corrected chi connectivity index (χ3v) is 1.89. The van der Waals surface area contributed by atoms with E-state index in [0.717, 1.165) is 0 Å². The summed E-state index contributed by atoms with van der Waals surface area (Å²) in [4.78, 5) is 11.2. The molecule has 0 heterocycles. The third-order valence-electron chi connectivity index (χ3n) is 1.26. The predicted octanol–water partition coefficient (Wildman–Crippen LogP) is 1.64. The van der Waals surface area contributed by atoms with Gasteiger partial charge in [0, 0.05) is 0 Å². The molecule has 0 saturated heterocycles. The Morgan fingerprint density at radius 1 is 1.67 bits per heavy atom. The summed E-state index contributed by atoms with van der Waals surface area (Å²) in [5.41, 5.74) is -0.849. The normalized spacial score (nSPS) is 12.9. The Labute approximate surface area is 85.9 Å². The minimum atomic E-state index is -1.13. The van der Waals surface area contributed by atoms with Gasteiger partial charge in [0.05, 0.1) is 17.8 Å². The number of esters is 1. The molecule has 0 spiro atoms. The lowest BCUT2D eigenvalue weighted by molar-refractivity contribution is -0.140. The molecule has 0 aliphatic rings. The van der Waals surface area contributed by atoms with E-state index in [1.165, 1.54) is 4.08 Å². The molecule has 0 aromatic rings. The summed E-state index contributed by atoms with van der Waals surface area (Å²) >= 11 is 1.91. The van der Waals surface area contributed by atoms with Crippen molar-refractivity contribution in [2.24, 2.45) is 0 Å². The van der Waals surface area contributed by atoms with Gasteiger partial charge < -0.3 is 9.84 Å². The topological polar surface area (TPSA) is 46.5 Å². The average molecular weight is 284 g/mol. The van der Waals surface area contributed by atoms with Crippen LogP contribution in [0, 0.1) is 0 Å². The predicted molar refractivity (Wildman–Crippen MR) is 55.0 cm³/mol. The fraction of sp³-hybridized carbons (Fsp3) is 0.625. The van der Waals surface area contributed by atoms with E-state index in [-0.39, 0.29) is 5.57 Å². The van der Waals surface area contributed by atoms with Crippen LogP contribution in [0.1, 0.15) is 20.8 Å². The largest absolute Gasteiger partial charge is 0.463 e. The molecule has 0 amide bonds. The maximum Gasteiger partial charge on any atom is 0.337 e. The number of rotatable bonds is 3. The number of halogens is 1. The Kier molecular flexibility index (Phi) is 4.77. The summed E-state index contributed by atoms with van der Waals surface area (Å²) in [6.45, 7) is 5.15. The van der Waals surface area contributed by atoms with Crippen LogP contribution in [-0.4, -0.2) is 23.3 Å². The highest BCUT2D eigenvalue weighted by Gasteiger charge is 2.26. The Morgan fingerprint density at radius 3 is 2.42 bits per heavy atom. The van der Waals surface area contributed by atoms with Crippen LogP contribution in [0.5, 0.6) is 0 Å². The molecule has 12 heavy (non-hydrogen) atoms. The van der Waals surface area contributed by atoms with Gasteiger partial charge in [-0.05, 0) is 24.9 Å². The van der Waals surface area contributed by atoms with E-state index in [2.05, 4.69) is 0 Å². The summed E-state index contributed by atoms with van der Waals surface area (Å²) in [7, 11) is 0. The summed E-state index contributed by atoms with van der Waals surface area (Å²) in [5, 5.41) is 9.50. The minimum absolute atomic E-state index is 0.282. The van der Waals surface area contributed by atoms with Crippen LogP contribution in [0.25, 0.3) is 0 Å². The van der Waals surface area contributed by atoms with Crippen molar-refractivity contribution >= 4 is 28.6 Å². The van der Waals surface area contributed by atoms with Crippen LogP contribution in [0.4, 0.5) is 0 Å². The Morgan fingerprint density at radius 2 is 2.17 bits per heavy atom. The fourth-order valence-electron chi connectivity index (χ4n) is 0.637. The first kappa shape index (κ1) is 11.9. The molecule has 1 N–H and O–H groups in total. The summed E-state index contributed by atoms with van der Waals surface area (Å²) < 4.78 is 6.29. The van der Waals surface area contributed by atoms with E-state index in [9.17, 15) is 9.90 Å². The van der Waals surface area contributed by atoms with Crippen LogP contribution >= 0.6 is 22.6 Å². The summed E-state index contributed by atoms with van der Waals surface area (Å²) in [6.07, 6.45) is 0. The lowest BCUT2D eigenvalue weighted by Gasteiger charge is -2.18. The number of aliphatic hydroxyl groups is 1. The molecule has 0 aromatic heterocycles. The monoisotopic (exact) mass is 284 g/mol. The molecule has 0 rings (SSSR count). The highest BCUT2D eigenvalue weighted by Crippen LogP contribution is 2.18. The maximum atomic E-state index is 11.2. The maximum absolute atomic E-state index is 11.2. The molecule has 70 valence electrons. The van der Waals surface area contributed by atoms with Crippen LogP contribution in [-0.2, 0) is 9.53 Å². The second kappa shape index (κ2) is 4.81. The van der Waals surface area contributed by atoms with Crippen molar-refractivity contribution < 1.29 is 14.6 Å². The van der Waals surface area contributed by atoms with E-state index in [0.29, 0.717) is 6.61 Å². The van der Waals surface area contributed by atoms with E-state index in [4.69, 9.17) is 4.74 Å². The first-order valence-electron chi connectivity index (χ1n) is 3.63. The van der Waals surface area contributed by atoms with Gasteiger partial charge in [0.15, 0.2) is 0 Å². The first-order valence-corrected chi connectivity index (χ1v) is 4.88. The molecular formula is C8H13IO3. The second-order valence-corrected chi connectivity index (χ2v) is 3.43. The highest BCUT2D eigenvalue weighted by molar-refractivity contribution is 14.1. The molecule has 0 aromatic carbocycles. The molecule has 0 aliphatic heterocycles. The molecule has 0 fully saturated rings. The number of hydrogen-bond acceptors (Lipinski definition) is 3. The van der Waals surface area contributed by atoms with E-state index >= 15 is 0 Å². The number of ether oxygens (including phenoxy) is 1. The second-order valence-electron chi connectivity index (χ2n) is 2.80. The molecule has 4 heteroatoms. The van der Waals surface area contributed by atoms with Gasteiger partial charge in [-0.2, -0.15) is 0 Å². The van der Waals surface area contributed by atoms with Crippen LogP contribution in [0.2, 0.25) is 0 Å². The van der Waals surface area contributed by atoms with E-state index < -0.39 is 11.6 Å². The summed E-state index contributed by atoms with van der Waals surface area (Å²) in [5.74, 6) is -0.459. The molecule has 0 saturated carbocycles. The average Bonchev–Trinajstić information content (AvgIpc) is 1.85. The number of carbonyl (C=O) groups excluding carboxylic acids is 1. The lowest BCUT2D eigenvalue weighted by Crippen LogP contribution is -2.28. The van der Waals surface area contributed by atoms with Crippen molar-refractivity contribution in [3.05, 3.63) is 9.66 Å². The van der Waals surface area contributed by atoms with Gasteiger partial charge in [0.1, 0.15) is 0 Å². The van der Waals surface area contributed by atoms with Gasteiger partial charge in [-0.25, -0.2) is 4.79 Å². The van der Waals surface area contributed by atoms with Crippen molar-refractivity contribution in [1.29, 1.82) is 0 Å². The molecule has 0 radical (unpaired) electrons. The fourth-order valence-corrected chi connectivity index (χ4v) is 1.65. The minimum Gasteiger partial charge on any atom is -0.463 e. The zero-order chi connectivity index (χ0) is 9.78. The standard InChI is InChI=1S/C8H13IO3/c1-4-12-7(10)6(5-9)8(2,3)11/h5,11H,4H2,1-3H3/b6-5+. The van der Waals surface area contributed by atoms with E-state index in [1.54, 1.807) is 20.8 Å². The Bertz CT molecular complexity index is 191. The molecule has 0 atom stereocenters. The number of carbonyl (C=O) groups is 1. The van der Waals surface area contributed by atoms with Gasteiger partial charge in [-0.15, -0.1) is 0 Å². The van der Waals surface area contributed by atoms with Crippen molar-refractivity contribution in [2.75, 3.05) is 6.61 Å². The molecule has 0 unspecified atom stereocenters. The molecule has 0 aliphatic carbocycles. The van der Waals surface area contributed by atoms with Gasteiger partial charge >= 0.3 is 5.97 Å². The van der Waals surface area contributed by atoms with Crippen LogP contribution in [0.3, 0.4) is 0 Å². The first-order chi connectivity index (χ1) is 5.43. The van der Waals surface area contributed by atoms with Crippen molar-refractivity contribution in [3.63, 3.8) is 0 Å². The molecular weight excluding hydrogens is 271 g/mol. The van der Waals surface area contributed by atoms with Crippen molar-refractivity contribution in [2.45, 2.75) is 26.4 Å². The van der Waals surface area contributed by atoms with Gasteiger partial charge in [0.2, 0.25) is 0 Å². The zero-order valence-corrected chi connectivity index (χ0v) is 9.58. The van der Waals surface area contributed by atoms with Crippen molar-refractivity contribution in [3.8, 4) is 0 Å². The quantitative estimate of drug-likeness (QED) is 0.487. The van der Waals surface area contributed by atoms with Gasteiger partial charge in [-0.1, -0.05) is 22.6 Å². The Hall–Kier alpha value is -0.100. The summed E-state index contributed by atoms with van der Waals surface area (Å²) in [6, 6.07) is 0. The lowest BCUT2D eigenvalue weighted by atomic mass is 10.0.